The Hall–Kier alpha value is -3.99. The molecule has 142 valence electrons. The minimum absolute atomic E-state index is 0.0198. The summed E-state index contributed by atoms with van der Waals surface area (Å²) < 4.78 is 0. The van der Waals surface area contributed by atoms with E-state index in [-0.39, 0.29) is 5.78 Å². The lowest BCUT2D eigenvalue weighted by atomic mass is 10.0. The molecule has 0 saturated carbocycles. The first-order valence-corrected chi connectivity index (χ1v) is 9.17. The summed E-state index contributed by atoms with van der Waals surface area (Å²) in [6.07, 6.45) is 3.28. The molecule has 0 bridgehead atoms. The van der Waals surface area contributed by atoms with Crippen molar-refractivity contribution in [1.82, 2.24) is 9.97 Å². The summed E-state index contributed by atoms with van der Waals surface area (Å²) in [4.78, 5) is 31.1. The van der Waals surface area contributed by atoms with Crippen LogP contribution in [-0.4, -0.2) is 26.8 Å². The first-order valence-electron chi connectivity index (χ1n) is 9.17. The average molecular weight is 382 g/mol. The number of H-pyrrole nitrogens is 1. The number of nitrogens with zero attached hydrogens (tertiary/aromatic N) is 1. The van der Waals surface area contributed by atoms with Crippen LogP contribution in [0.4, 0.5) is 0 Å². The Bertz CT molecular complexity index is 1210. The minimum Gasteiger partial charge on any atom is -0.478 e. The molecular formula is C24H18N2O3. The molecule has 1 heterocycles. The van der Waals surface area contributed by atoms with E-state index in [2.05, 4.69) is 9.97 Å². The number of ketones is 1. The Morgan fingerprint density at radius 2 is 1.69 bits per heavy atom. The maximum Gasteiger partial charge on any atom is 0.328 e. The van der Waals surface area contributed by atoms with Gasteiger partial charge in [0, 0.05) is 23.6 Å². The molecule has 0 aliphatic heterocycles. The van der Waals surface area contributed by atoms with E-state index in [1.807, 2.05) is 54.6 Å². The zero-order valence-corrected chi connectivity index (χ0v) is 15.5. The highest BCUT2D eigenvalue weighted by atomic mass is 16.4. The molecule has 29 heavy (non-hydrogen) atoms. The second-order valence-electron chi connectivity index (χ2n) is 6.70. The molecule has 1 aromatic heterocycles. The van der Waals surface area contributed by atoms with E-state index >= 15 is 0 Å². The normalized spacial score (nSPS) is 11.2. The number of aromatic amines is 1. The Balaban J connectivity index is 1.53. The predicted octanol–water partition coefficient (Wildman–Crippen LogP) is 4.48. The molecule has 0 aliphatic carbocycles. The van der Waals surface area contributed by atoms with Gasteiger partial charge in [-0.3, -0.25) is 4.79 Å². The van der Waals surface area contributed by atoms with E-state index in [1.54, 1.807) is 24.3 Å². The zero-order chi connectivity index (χ0) is 20.2. The number of rotatable bonds is 6. The number of aliphatic carboxylic acids is 1. The molecule has 4 rings (SSSR count). The number of nitrogens with one attached hydrogen (secondary N) is 1. The molecule has 0 spiro atoms. The number of carbonyl (C=O) groups excluding carboxylic acids is 1. The summed E-state index contributed by atoms with van der Waals surface area (Å²) in [5.41, 5.74) is 4.78. The number of hydrogen-bond acceptors (Lipinski definition) is 3. The van der Waals surface area contributed by atoms with Gasteiger partial charge >= 0.3 is 5.97 Å². The molecule has 0 atom stereocenters. The highest BCUT2D eigenvalue weighted by Crippen LogP contribution is 2.18. The van der Waals surface area contributed by atoms with Gasteiger partial charge in [-0.15, -0.1) is 0 Å². The van der Waals surface area contributed by atoms with Crippen molar-refractivity contribution < 1.29 is 14.7 Å². The van der Waals surface area contributed by atoms with Crippen molar-refractivity contribution in [1.29, 1.82) is 0 Å². The number of aromatic nitrogens is 2. The maximum absolute atomic E-state index is 12.6. The van der Waals surface area contributed by atoms with E-state index in [1.165, 1.54) is 0 Å². The maximum atomic E-state index is 12.6. The van der Waals surface area contributed by atoms with Gasteiger partial charge in [0.25, 0.3) is 0 Å². The molecule has 0 radical (unpaired) electrons. The van der Waals surface area contributed by atoms with Crippen molar-refractivity contribution >= 4 is 28.9 Å². The standard InChI is InChI=1S/C24H18N2O3/c27-23(28)13-10-16-6-8-17(9-7-16)14-22-25-20-12-11-19(15-21(20)26-22)24(29)18-4-2-1-3-5-18/h1-13,15H,14H2,(H,25,26)(H,27,28)/b13-10+. The summed E-state index contributed by atoms with van der Waals surface area (Å²) in [5, 5.41) is 8.69. The van der Waals surface area contributed by atoms with E-state index in [9.17, 15) is 9.59 Å². The SMILES string of the molecule is O=C(O)/C=C/c1ccc(Cc2nc3ccc(C(=O)c4ccccc4)cc3[nH]2)cc1. The molecule has 0 fully saturated rings. The van der Waals surface area contributed by atoms with Gasteiger partial charge in [-0.2, -0.15) is 0 Å². The fourth-order valence-electron chi connectivity index (χ4n) is 3.15. The number of hydrogen-bond donors (Lipinski definition) is 2. The van der Waals surface area contributed by atoms with Crippen LogP contribution < -0.4 is 0 Å². The van der Waals surface area contributed by atoms with Crippen LogP contribution in [0.15, 0.2) is 78.9 Å². The second-order valence-corrected chi connectivity index (χ2v) is 6.70. The number of fused-ring (bicyclic) bond motifs is 1. The fourth-order valence-corrected chi connectivity index (χ4v) is 3.15. The topological polar surface area (TPSA) is 83.0 Å². The third-order valence-corrected chi connectivity index (χ3v) is 4.60. The van der Waals surface area contributed by atoms with Crippen molar-refractivity contribution in [3.8, 4) is 0 Å². The Morgan fingerprint density at radius 3 is 2.41 bits per heavy atom. The lowest BCUT2D eigenvalue weighted by molar-refractivity contribution is -0.131. The fraction of sp³-hybridized carbons (Fsp3) is 0.0417. The summed E-state index contributed by atoms with van der Waals surface area (Å²) in [5.74, 6) is -0.187. The van der Waals surface area contributed by atoms with Crippen LogP contribution in [0.2, 0.25) is 0 Å². The van der Waals surface area contributed by atoms with Gasteiger partial charge in [0.15, 0.2) is 5.78 Å². The number of benzene rings is 3. The molecule has 4 aromatic rings. The Labute approximate surface area is 167 Å². The van der Waals surface area contributed by atoms with Crippen LogP contribution in [0, 0.1) is 0 Å². The van der Waals surface area contributed by atoms with E-state index < -0.39 is 5.97 Å². The smallest absolute Gasteiger partial charge is 0.328 e. The van der Waals surface area contributed by atoms with Crippen molar-refractivity contribution in [3.63, 3.8) is 0 Å². The molecule has 2 N–H and O–H groups in total. The highest BCUT2D eigenvalue weighted by molar-refractivity contribution is 6.10. The monoisotopic (exact) mass is 382 g/mol. The third-order valence-electron chi connectivity index (χ3n) is 4.60. The van der Waals surface area contributed by atoms with Crippen molar-refractivity contribution in [3.05, 3.63) is 107 Å². The molecule has 3 aromatic carbocycles. The summed E-state index contributed by atoms with van der Waals surface area (Å²) in [7, 11) is 0. The molecule has 0 aliphatic rings. The quantitative estimate of drug-likeness (QED) is 0.380. The van der Waals surface area contributed by atoms with E-state index in [4.69, 9.17) is 5.11 Å². The lowest BCUT2D eigenvalue weighted by Gasteiger charge is -2.00. The molecule has 5 heteroatoms. The largest absolute Gasteiger partial charge is 0.478 e. The summed E-state index contributed by atoms with van der Waals surface area (Å²) in [6.45, 7) is 0. The number of carboxylic acids is 1. The molecule has 0 saturated heterocycles. The van der Waals surface area contributed by atoms with Gasteiger partial charge in [0.2, 0.25) is 0 Å². The van der Waals surface area contributed by atoms with Gasteiger partial charge in [-0.1, -0.05) is 54.6 Å². The molecule has 5 nitrogen and oxygen atoms in total. The number of carboxylic acid groups (broad SMARTS) is 1. The lowest BCUT2D eigenvalue weighted by Crippen LogP contribution is -2.00. The highest BCUT2D eigenvalue weighted by Gasteiger charge is 2.11. The van der Waals surface area contributed by atoms with Gasteiger partial charge in [0.05, 0.1) is 11.0 Å². The van der Waals surface area contributed by atoms with Crippen LogP contribution in [-0.2, 0) is 11.2 Å². The van der Waals surface area contributed by atoms with Crippen LogP contribution in [0.3, 0.4) is 0 Å². The second kappa shape index (κ2) is 7.94. The third kappa shape index (κ3) is 4.30. The first kappa shape index (κ1) is 18.4. The first-order chi connectivity index (χ1) is 14.1. The molecule has 0 amide bonds. The van der Waals surface area contributed by atoms with E-state index in [0.717, 1.165) is 34.1 Å². The summed E-state index contributed by atoms with van der Waals surface area (Å²) in [6, 6.07) is 22.3. The van der Waals surface area contributed by atoms with Crippen LogP contribution in [0.25, 0.3) is 17.1 Å². The summed E-state index contributed by atoms with van der Waals surface area (Å²) >= 11 is 0. The van der Waals surface area contributed by atoms with E-state index in [0.29, 0.717) is 17.5 Å². The van der Waals surface area contributed by atoms with Gasteiger partial charge in [0.1, 0.15) is 5.82 Å². The average Bonchev–Trinajstić information content (AvgIpc) is 3.14. The number of carbonyl (C=O) groups is 2. The van der Waals surface area contributed by atoms with Crippen molar-refractivity contribution in [2.45, 2.75) is 6.42 Å². The van der Waals surface area contributed by atoms with Crippen molar-refractivity contribution in [2.75, 3.05) is 0 Å². The van der Waals surface area contributed by atoms with Crippen LogP contribution in [0.5, 0.6) is 0 Å². The Morgan fingerprint density at radius 1 is 0.931 bits per heavy atom. The minimum atomic E-state index is -0.971. The number of imidazole rings is 1. The van der Waals surface area contributed by atoms with Crippen LogP contribution in [0.1, 0.15) is 32.9 Å². The van der Waals surface area contributed by atoms with Crippen molar-refractivity contribution in [2.24, 2.45) is 0 Å². The van der Waals surface area contributed by atoms with Gasteiger partial charge in [-0.25, -0.2) is 9.78 Å². The van der Waals surface area contributed by atoms with Gasteiger partial charge in [-0.05, 0) is 35.4 Å². The van der Waals surface area contributed by atoms with Crippen LogP contribution >= 0.6 is 0 Å². The molecular weight excluding hydrogens is 364 g/mol. The molecule has 0 unspecified atom stereocenters. The Kier molecular flexibility index (Phi) is 5.03. The zero-order valence-electron chi connectivity index (χ0n) is 15.5. The van der Waals surface area contributed by atoms with Gasteiger partial charge < -0.3 is 10.1 Å². The predicted molar refractivity (Wildman–Crippen MR) is 112 cm³/mol.